The van der Waals surface area contributed by atoms with Gasteiger partial charge in [-0.2, -0.15) is 9.97 Å². The standard InChI is InChI=1S/C37H45ClN6O6/c1-24-29(22-49-33-14-12-27(36(43-33)47-4)20-39-16-18-41-25(2)45)8-6-10-31(24)32-11-7-9-30(35(32)38)23-50-34-15-13-28(37(44-34)48-5)21-40-17-19-42-26(3)46/h6-15,39-40H,16-23H2,1-5H3,(H,41,45)(H,42,46). The first kappa shape index (κ1) is 37.9. The van der Waals surface area contributed by atoms with E-state index in [-0.39, 0.29) is 18.4 Å². The van der Waals surface area contributed by atoms with E-state index in [1.165, 1.54) is 13.8 Å². The predicted octanol–water partition coefficient (Wildman–Crippen LogP) is 4.73. The number of hydrogen-bond acceptors (Lipinski definition) is 10. The average Bonchev–Trinajstić information content (AvgIpc) is 3.11. The van der Waals surface area contributed by atoms with Gasteiger partial charge in [-0.15, -0.1) is 0 Å². The number of carbonyl (C=O) groups excluding carboxylic acids is 2. The van der Waals surface area contributed by atoms with E-state index in [1.54, 1.807) is 20.3 Å². The summed E-state index contributed by atoms with van der Waals surface area (Å²) in [6.07, 6.45) is 0. The van der Waals surface area contributed by atoms with Crippen molar-refractivity contribution < 1.29 is 28.5 Å². The maximum absolute atomic E-state index is 11.1. The number of aromatic nitrogens is 2. The van der Waals surface area contributed by atoms with E-state index < -0.39 is 0 Å². The topological polar surface area (TPSA) is 145 Å². The van der Waals surface area contributed by atoms with Crippen molar-refractivity contribution in [1.29, 1.82) is 0 Å². The highest BCUT2D eigenvalue weighted by molar-refractivity contribution is 6.34. The van der Waals surface area contributed by atoms with Gasteiger partial charge in [-0.25, -0.2) is 0 Å². The quantitative estimate of drug-likeness (QED) is 0.101. The maximum atomic E-state index is 11.1. The molecule has 0 aliphatic heterocycles. The summed E-state index contributed by atoms with van der Waals surface area (Å²) in [7, 11) is 3.14. The molecule has 4 N–H and O–H groups in total. The number of hydrogen-bond donors (Lipinski definition) is 4. The van der Waals surface area contributed by atoms with E-state index in [0.29, 0.717) is 74.4 Å². The summed E-state index contributed by atoms with van der Waals surface area (Å²) in [6, 6.07) is 19.3. The van der Waals surface area contributed by atoms with Crippen molar-refractivity contribution in [2.75, 3.05) is 40.4 Å². The molecule has 2 aromatic heterocycles. The van der Waals surface area contributed by atoms with Crippen molar-refractivity contribution in [3.63, 3.8) is 0 Å². The maximum Gasteiger partial charge on any atom is 0.220 e. The van der Waals surface area contributed by atoms with E-state index in [1.807, 2.05) is 61.5 Å². The number of pyridine rings is 2. The highest BCUT2D eigenvalue weighted by Gasteiger charge is 2.15. The van der Waals surface area contributed by atoms with Gasteiger partial charge in [0, 0.05) is 87.5 Å². The van der Waals surface area contributed by atoms with E-state index in [0.717, 1.165) is 38.9 Å². The molecule has 0 unspecified atom stereocenters. The van der Waals surface area contributed by atoms with E-state index >= 15 is 0 Å². The SMILES string of the molecule is COc1nc(OCc2cccc(-c3cccc(COc4ccc(CNCCNC(C)=O)c(OC)n4)c3Cl)c2C)ccc1CNCCNC(C)=O. The lowest BCUT2D eigenvalue weighted by atomic mass is 9.95. The van der Waals surface area contributed by atoms with Crippen molar-refractivity contribution in [3.05, 3.63) is 93.5 Å². The molecule has 0 atom stereocenters. The number of nitrogens with zero attached hydrogens (tertiary/aromatic N) is 2. The molecule has 2 amide bonds. The van der Waals surface area contributed by atoms with Crippen LogP contribution in [-0.4, -0.2) is 62.2 Å². The van der Waals surface area contributed by atoms with Gasteiger partial charge in [0.2, 0.25) is 35.3 Å². The molecule has 4 aromatic rings. The Bertz CT molecular complexity index is 1630. The summed E-state index contributed by atoms with van der Waals surface area (Å²) in [5.74, 6) is 1.67. The van der Waals surface area contributed by atoms with Gasteiger partial charge in [-0.05, 0) is 35.7 Å². The summed E-state index contributed by atoms with van der Waals surface area (Å²) in [5, 5.41) is 12.6. The average molecular weight is 705 g/mol. The Morgan fingerprint density at radius 3 is 1.62 bits per heavy atom. The Morgan fingerprint density at radius 2 is 1.12 bits per heavy atom. The van der Waals surface area contributed by atoms with Crippen LogP contribution in [0.4, 0.5) is 0 Å². The predicted molar refractivity (Wildman–Crippen MR) is 193 cm³/mol. The lowest BCUT2D eigenvalue weighted by Gasteiger charge is -2.16. The van der Waals surface area contributed by atoms with Gasteiger partial charge in [0.15, 0.2) is 0 Å². The molecule has 0 aliphatic rings. The highest BCUT2D eigenvalue weighted by atomic mass is 35.5. The van der Waals surface area contributed by atoms with Crippen molar-refractivity contribution in [2.24, 2.45) is 0 Å². The first-order chi connectivity index (χ1) is 24.2. The van der Waals surface area contributed by atoms with Crippen LogP contribution in [-0.2, 0) is 35.9 Å². The van der Waals surface area contributed by atoms with Crippen LogP contribution in [0.2, 0.25) is 5.02 Å². The minimum Gasteiger partial charge on any atom is -0.481 e. The molecule has 4 rings (SSSR count). The Labute approximate surface area is 298 Å². The van der Waals surface area contributed by atoms with Crippen LogP contribution in [0.25, 0.3) is 11.1 Å². The minimum absolute atomic E-state index is 0.0598. The molecule has 13 heteroatoms. The molecule has 0 spiro atoms. The number of amides is 2. The smallest absolute Gasteiger partial charge is 0.220 e. The number of carbonyl (C=O) groups is 2. The van der Waals surface area contributed by atoms with Gasteiger partial charge in [-0.3, -0.25) is 9.59 Å². The van der Waals surface area contributed by atoms with E-state index in [4.69, 9.17) is 30.5 Å². The molecule has 0 radical (unpaired) electrons. The van der Waals surface area contributed by atoms with Crippen LogP contribution < -0.4 is 40.2 Å². The van der Waals surface area contributed by atoms with Gasteiger partial charge in [0.1, 0.15) is 13.2 Å². The first-order valence-electron chi connectivity index (χ1n) is 16.3. The van der Waals surface area contributed by atoms with Gasteiger partial charge in [0.25, 0.3) is 0 Å². The normalized spacial score (nSPS) is 10.8. The fourth-order valence-electron chi connectivity index (χ4n) is 5.12. The Morgan fingerprint density at radius 1 is 0.640 bits per heavy atom. The number of methoxy groups -OCH3 is 2. The fraction of sp³-hybridized carbons (Fsp3) is 0.351. The van der Waals surface area contributed by atoms with Crippen molar-refractivity contribution >= 4 is 23.4 Å². The zero-order valence-electron chi connectivity index (χ0n) is 29.2. The number of rotatable bonds is 19. The van der Waals surface area contributed by atoms with E-state index in [9.17, 15) is 9.59 Å². The first-order valence-corrected chi connectivity index (χ1v) is 16.7. The molecule has 2 aromatic carbocycles. The number of nitrogens with one attached hydrogen (secondary N) is 4. The molecule has 0 saturated heterocycles. The Balaban J connectivity index is 1.38. The number of benzene rings is 2. The highest BCUT2D eigenvalue weighted by Crippen LogP contribution is 2.35. The third kappa shape index (κ3) is 11.1. The van der Waals surface area contributed by atoms with Crippen molar-refractivity contribution in [1.82, 2.24) is 31.2 Å². The zero-order valence-corrected chi connectivity index (χ0v) is 29.9. The zero-order chi connectivity index (χ0) is 35.9. The number of halogens is 1. The van der Waals surface area contributed by atoms with Gasteiger partial charge in [-0.1, -0.05) is 48.0 Å². The molecular formula is C37H45ClN6O6. The second-order valence-electron chi connectivity index (χ2n) is 11.4. The van der Waals surface area contributed by atoms with Crippen LogP contribution >= 0.6 is 11.6 Å². The molecule has 266 valence electrons. The van der Waals surface area contributed by atoms with Crippen LogP contribution in [0.1, 0.15) is 41.7 Å². The molecular weight excluding hydrogens is 660 g/mol. The molecule has 50 heavy (non-hydrogen) atoms. The van der Waals surface area contributed by atoms with Crippen LogP contribution in [0.3, 0.4) is 0 Å². The van der Waals surface area contributed by atoms with Crippen molar-refractivity contribution in [3.8, 4) is 34.6 Å². The summed E-state index contributed by atoms with van der Waals surface area (Å²) in [4.78, 5) is 31.2. The monoisotopic (exact) mass is 704 g/mol. The lowest BCUT2D eigenvalue weighted by molar-refractivity contribution is -0.119. The van der Waals surface area contributed by atoms with Gasteiger partial charge >= 0.3 is 0 Å². The summed E-state index contributed by atoms with van der Waals surface area (Å²) < 4.78 is 23.1. The lowest BCUT2D eigenvalue weighted by Crippen LogP contribution is -2.30. The summed E-state index contributed by atoms with van der Waals surface area (Å²) >= 11 is 6.97. The Hall–Kier alpha value is -4.91. The van der Waals surface area contributed by atoms with Crippen LogP contribution in [0.5, 0.6) is 23.5 Å². The van der Waals surface area contributed by atoms with Crippen molar-refractivity contribution in [2.45, 2.75) is 47.1 Å². The summed E-state index contributed by atoms with van der Waals surface area (Å²) in [5.41, 5.74) is 6.47. The van der Waals surface area contributed by atoms with Crippen LogP contribution in [0.15, 0.2) is 60.7 Å². The molecule has 0 aliphatic carbocycles. The fourth-order valence-corrected chi connectivity index (χ4v) is 5.40. The summed E-state index contributed by atoms with van der Waals surface area (Å²) in [6.45, 7) is 8.94. The minimum atomic E-state index is -0.0627. The van der Waals surface area contributed by atoms with E-state index in [2.05, 4.69) is 31.2 Å². The molecule has 0 bridgehead atoms. The second-order valence-corrected chi connectivity index (χ2v) is 11.8. The molecule has 12 nitrogen and oxygen atoms in total. The molecule has 0 fully saturated rings. The number of ether oxygens (including phenoxy) is 4. The largest absolute Gasteiger partial charge is 0.481 e. The molecule has 0 saturated carbocycles. The van der Waals surface area contributed by atoms with Gasteiger partial charge in [0.05, 0.1) is 19.2 Å². The third-order valence-corrected chi connectivity index (χ3v) is 8.21. The van der Waals surface area contributed by atoms with Gasteiger partial charge < -0.3 is 40.2 Å². The van der Waals surface area contributed by atoms with Crippen LogP contribution in [0, 0.1) is 6.92 Å². The third-order valence-electron chi connectivity index (χ3n) is 7.76. The second kappa shape index (κ2) is 19.3. The Kier molecular flexibility index (Phi) is 14.6. The molecule has 2 heterocycles.